The van der Waals surface area contributed by atoms with Crippen LogP contribution in [-0.4, -0.2) is 20.0 Å². The van der Waals surface area contributed by atoms with E-state index in [0.717, 1.165) is 31.4 Å². The van der Waals surface area contributed by atoms with E-state index in [0.29, 0.717) is 0 Å². The number of hydrogen-bond acceptors (Lipinski definition) is 2. The Balaban J connectivity index is 2.45. The van der Waals surface area contributed by atoms with E-state index >= 15 is 0 Å². The molecule has 1 rings (SSSR count). The van der Waals surface area contributed by atoms with Crippen LogP contribution in [0, 0.1) is 8.99 Å². The molecule has 0 bridgehead atoms. The van der Waals surface area contributed by atoms with Crippen molar-refractivity contribution in [1.82, 2.24) is 0 Å². The Morgan fingerprint density at radius 2 is 1.79 bits per heavy atom. The van der Waals surface area contributed by atoms with Crippen molar-refractivity contribution in [2.24, 2.45) is 5.41 Å². The van der Waals surface area contributed by atoms with Crippen LogP contribution >= 0.6 is 22.6 Å². The summed E-state index contributed by atoms with van der Waals surface area (Å²) in [5.74, 6) is 0. The van der Waals surface area contributed by atoms with Crippen molar-refractivity contribution >= 4 is 30.9 Å². The van der Waals surface area contributed by atoms with Crippen LogP contribution in [0.3, 0.4) is 0 Å². The van der Waals surface area contributed by atoms with Gasteiger partial charge in [-0.1, -0.05) is 46.8 Å². The molecule has 1 N–H and O–H groups in total. The van der Waals surface area contributed by atoms with Gasteiger partial charge in [-0.25, -0.2) is 0 Å². The first-order chi connectivity index (χ1) is 10.8. The third-order valence-corrected chi connectivity index (χ3v) is 10.3. The molecule has 1 aromatic carbocycles. The third kappa shape index (κ3) is 7.14. The van der Waals surface area contributed by atoms with Gasteiger partial charge in [-0.05, 0) is 83.1 Å². The first kappa shape index (κ1) is 22.1. The van der Waals surface area contributed by atoms with E-state index in [1.165, 1.54) is 3.57 Å². The van der Waals surface area contributed by atoms with E-state index in [1.54, 1.807) is 0 Å². The summed E-state index contributed by atoms with van der Waals surface area (Å²) in [6.45, 7) is 16.8. The summed E-state index contributed by atoms with van der Waals surface area (Å²) in [6.07, 6.45) is 2.53. The highest BCUT2D eigenvalue weighted by Gasteiger charge is 2.38. The van der Waals surface area contributed by atoms with E-state index < -0.39 is 8.32 Å². The van der Waals surface area contributed by atoms with Crippen LogP contribution in [0.1, 0.15) is 65.5 Å². The maximum absolute atomic E-state index is 10.4. The summed E-state index contributed by atoms with van der Waals surface area (Å²) < 4.78 is 7.57. The van der Waals surface area contributed by atoms with Crippen LogP contribution in [0.2, 0.25) is 18.1 Å². The molecule has 1 aromatic rings. The van der Waals surface area contributed by atoms with Crippen LogP contribution in [0.15, 0.2) is 24.3 Å². The molecule has 138 valence electrons. The lowest BCUT2D eigenvalue weighted by Crippen LogP contribution is -2.43. The molecule has 0 radical (unpaired) electrons. The van der Waals surface area contributed by atoms with Crippen molar-refractivity contribution in [1.29, 1.82) is 0 Å². The number of aliphatic hydroxyl groups is 1. The summed E-state index contributed by atoms with van der Waals surface area (Å²) in [7, 11) is -1.68. The van der Waals surface area contributed by atoms with E-state index in [1.807, 2.05) is 12.1 Å². The molecule has 24 heavy (non-hydrogen) atoms. The van der Waals surface area contributed by atoms with Crippen LogP contribution in [0.25, 0.3) is 0 Å². The Kier molecular flexibility index (Phi) is 7.97. The van der Waals surface area contributed by atoms with Gasteiger partial charge in [0.05, 0.1) is 6.10 Å². The molecule has 0 aromatic heterocycles. The van der Waals surface area contributed by atoms with Gasteiger partial charge in [0.25, 0.3) is 0 Å². The molecule has 0 saturated carbocycles. The van der Waals surface area contributed by atoms with Crippen molar-refractivity contribution in [3.63, 3.8) is 0 Å². The monoisotopic (exact) mass is 462 g/mol. The van der Waals surface area contributed by atoms with Crippen molar-refractivity contribution in [3.05, 3.63) is 33.4 Å². The molecule has 0 fully saturated rings. The summed E-state index contributed by atoms with van der Waals surface area (Å²) >= 11 is 2.29. The van der Waals surface area contributed by atoms with E-state index in [4.69, 9.17) is 4.43 Å². The zero-order valence-electron chi connectivity index (χ0n) is 16.4. The number of rotatable bonds is 8. The molecular weight excluding hydrogens is 427 g/mol. The van der Waals surface area contributed by atoms with Gasteiger partial charge >= 0.3 is 0 Å². The minimum absolute atomic E-state index is 0.153. The quantitative estimate of drug-likeness (QED) is 0.351. The fourth-order valence-corrected chi connectivity index (χ4v) is 4.07. The van der Waals surface area contributed by atoms with Crippen molar-refractivity contribution in [2.45, 2.75) is 78.1 Å². The Labute approximate surface area is 163 Å². The Bertz CT molecular complexity index is 521. The zero-order valence-corrected chi connectivity index (χ0v) is 19.6. The molecule has 2 nitrogen and oxygen atoms in total. The van der Waals surface area contributed by atoms with Gasteiger partial charge in [0.15, 0.2) is 8.32 Å². The van der Waals surface area contributed by atoms with Crippen LogP contribution < -0.4 is 0 Å². The topological polar surface area (TPSA) is 29.5 Å². The highest BCUT2D eigenvalue weighted by Crippen LogP contribution is 2.38. The fraction of sp³-hybridized carbons (Fsp3) is 0.700. The molecule has 0 amide bonds. The van der Waals surface area contributed by atoms with Crippen LogP contribution in [0.5, 0.6) is 0 Å². The summed E-state index contributed by atoms with van der Waals surface area (Å²) in [5, 5.41) is 10.6. The summed E-state index contributed by atoms with van der Waals surface area (Å²) in [5.41, 5.74) is 1.18. The predicted molar refractivity (Wildman–Crippen MR) is 115 cm³/mol. The minimum atomic E-state index is -1.68. The summed E-state index contributed by atoms with van der Waals surface area (Å²) in [6, 6.07) is 8.14. The molecule has 0 aliphatic heterocycles. The third-order valence-electron chi connectivity index (χ3n) is 5.19. The highest BCUT2D eigenvalue weighted by atomic mass is 127. The molecule has 0 aliphatic carbocycles. The number of benzene rings is 1. The molecular formula is C20H35IO2Si. The lowest BCUT2D eigenvalue weighted by Gasteiger charge is -2.39. The van der Waals surface area contributed by atoms with Gasteiger partial charge in [0, 0.05) is 10.2 Å². The standard InChI is InChI=1S/C20H35IO2Si/c1-19(2,3)24(6,7)23-15-20(4,5)13-9-12-18(22)16-10-8-11-17(21)14-16/h8,10-11,14,18,22H,9,12-13,15H2,1-7H3. The maximum Gasteiger partial charge on any atom is 0.192 e. The summed E-state index contributed by atoms with van der Waals surface area (Å²) in [4.78, 5) is 0. The van der Waals surface area contributed by atoms with Crippen molar-refractivity contribution in [3.8, 4) is 0 Å². The molecule has 1 atom stereocenters. The zero-order chi connectivity index (χ0) is 18.6. The highest BCUT2D eigenvalue weighted by molar-refractivity contribution is 14.1. The van der Waals surface area contributed by atoms with E-state index in [-0.39, 0.29) is 16.6 Å². The first-order valence-corrected chi connectivity index (χ1v) is 12.9. The maximum atomic E-state index is 10.4. The van der Waals surface area contributed by atoms with Crippen molar-refractivity contribution < 1.29 is 9.53 Å². The molecule has 1 unspecified atom stereocenters. The number of hydrogen-bond donors (Lipinski definition) is 1. The average molecular weight is 462 g/mol. The van der Waals surface area contributed by atoms with Gasteiger partial charge in [0.2, 0.25) is 0 Å². The Morgan fingerprint density at radius 1 is 1.17 bits per heavy atom. The minimum Gasteiger partial charge on any atom is -0.416 e. The Morgan fingerprint density at radius 3 is 2.33 bits per heavy atom. The second-order valence-corrected chi connectivity index (χ2v) is 15.2. The molecule has 0 aliphatic rings. The van der Waals surface area contributed by atoms with E-state index in [2.05, 4.69) is 82.4 Å². The van der Waals surface area contributed by atoms with Crippen LogP contribution in [-0.2, 0) is 4.43 Å². The van der Waals surface area contributed by atoms with Gasteiger partial charge in [-0.3, -0.25) is 0 Å². The Hall–Kier alpha value is 0.0869. The second-order valence-electron chi connectivity index (χ2n) is 9.18. The molecule has 4 heteroatoms. The van der Waals surface area contributed by atoms with Gasteiger partial charge in [-0.2, -0.15) is 0 Å². The predicted octanol–water partition coefficient (Wildman–Crippen LogP) is 6.54. The molecule has 0 spiro atoms. The normalized spacial score (nSPS) is 14.7. The van der Waals surface area contributed by atoms with Crippen molar-refractivity contribution in [2.75, 3.05) is 6.61 Å². The number of aliphatic hydroxyl groups excluding tert-OH is 1. The lowest BCUT2D eigenvalue weighted by molar-refractivity contribution is 0.130. The fourth-order valence-electron chi connectivity index (χ4n) is 2.32. The SMILES string of the molecule is CC(C)(CCCC(O)c1cccc(I)c1)CO[Si](C)(C)C(C)(C)C. The first-order valence-electron chi connectivity index (χ1n) is 8.92. The largest absolute Gasteiger partial charge is 0.416 e. The molecule has 0 saturated heterocycles. The second kappa shape index (κ2) is 8.65. The molecule has 0 heterocycles. The van der Waals surface area contributed by atoms with Gasteiger partial charge in [0.1, 0.15) is 0 Å². The van der Waals surface area contributed by atoms with Gasteiger partial charge in [-0.15, -0.1) is 0 Å². The number of halogens is 1. The lowest BCUT2D eigenvalue weighted by atomic mass is 9.87. The smallest absolute Gasteiger partial charge is 0.192 e. The average Bonchev–Trinajstić information content (AvgIpc) is 2.44. The van der Waals surface area contributed by atoms with Gasteiger partial charge < -0.3 is 9.53 Å². The van der Waals surface area contributed by atoms with E-state index in [9.17, 15) is 5.11 Å². The van der Waals surface area contributed by atoms with Crippen LogP contribution in [0.4, 0.5) is 0 Å².